The highest BCUT2D eigenvalue weighted by Crippen LogP contribution is 2.36. The van der Waals surface area contributed by atoms with Crippen LogP contribution in [0.2, 0.25) is 5.02 Å². The highest BCUT2D eigenvalue weighted by molar-refractivity contribution is 7.18. The standard InChI is InChI=1S/C23H23ClN4O3S/c1-4-30-20(29)9-12-28-11-8-16-17(7-10-25-21(16)28)23-27-26-22(32-23)15-5-6-19(18(24)13-15)31-14(2)3/h5-8,10-11,13-14H,4,9,12H2,1-3H3. The van der Waals surface area contributed by atoms with Crippen molar-refractivity contribution in [3.63, 3.8) is 0 Å². The van der Waals surface area contributed by atoms with E-state index in [4.69, 9.17) is 21.1 Å². The number of aromatic nitrogens is 4. The van der Waals surface area contributed by atoms with Crippen molar-refractivity contribution in [1.82, 2.24) is 19.7 Å². The lowest BCUT2D eigenvalue weighted by atomic mass is 10.2. The minimum Gasteiger partial charge on any atom is -0.489 e. The molecule has 0 unspecified atom stereocenters. The molecule has 0 radical (unpaired) electrons. The number of carbonyl (C=O) groups excluding carboxylic acids is 1. The van der Waals surface area contributed by atoms with Crippen LogP contribution in [0.15, 0.2) is 42.7 Å². The molecule has 0 aliphatic rings. The number of benzene rings is 1. The molecule has 0 saturated carbocycles. The quantitative estimate of drug-likeness (QED) is 0.311. The number of aryl methyl sites for hydroxylation is 1. The number of nitrogens with zero attached hydrogens (tertiary/aromatic N) is 4. The van der Waals surface area contributed by atoms with Crippen molar-refractivity contribution in [2.75, 3.05) is 6.61 Å². The molecule has 0 saturated heterocycles. The van der Waals surface area contributed by atoms with E-state index < -0.39 is 0 Å². The average Bonchev–Trinajstić information content (AvgIpc) is 3.41. The summed E-state index contributed by atoms with van der Waals surface area (Å²) in [5.74, 6) is 0.429. The molecule has 7 nitrogen and oxygen atoms in total. The van der Waals surface area contributed by atoms with Crippen molar-refractivity contribution in [3.05, 3.63) is 47.7 Å². The molecule has 3 aromatic heterocycles. The van der Waals surface area contributed by atoms with E-state index in [0.29, 0.717) is 30.3 Å². The molecule has 0 bridgehead atoms. The molecule has 1 aromatic carbocycles. The molecule has 166 valence electrons. The average molecular weight is 471 g/mol. The third kappa shape index (κ3) is 4.76. The van der Waals surface area contributed by atoms with Gasteiger partial charge >= 0.3 is 5.97 Å². The Morgan fingerprint density at radius 1 is 1.19 bits per heavy atom. The van der Waals surface area contributed by atoms with E-state index in [1.165, 1.54) is 11.3 Å². The van der Waals surface area contributed by atoms with Crippen molar-refractivity contribution in [3.8, 4) is 26.9 Å². The van der Waals surface area contributed by atoms with Crippen LogP contribution < -0.4 is 4.74 Å². The molecule has 0 aliphatic heterocycles. The van der Waals surface area contributed by atoms with Crippen molar-refractivity contribution in [2.24, 2.45) is 0 Å². The molecule has 0 spiro atoms. The molecule has 4 aromatic rings. The summed E-state index contributed by atoms with van der Waals surface area (Å²) in [6.45, 7) is 6.60. The van der Waals surface area contributed by atoms with E-state index >= 15 is 0 Å². The van der Waals surface area contributed by atoms with Crippen LogP contribution in [0.3, 0.4) is 0 Å². The van der Waals surface area contributed by atoms with E-state index in [9.17, 15) is 4.79 Å². The summed E-state index contributed by atoms with van der Waals surface area (Å²) < 4.78 is 12.7. The predicted molar refractivity (Wildman–Crippen MR) is 126 cm³/mol. The van der Waals surface area contributed by atoms with Gasteiger partial charge in [0, 0.05) is 35.5 Å². The maximum absolute atomic E-state index is 11.7. The zero-order chi connectivity index (χ0) is 22.7. The number of esters is 1. The molecular weight excluding hydrogens is 448 g/mol. The van der Waals surface area contributed by atoms with Gasteiger partial charge < -0.3 is 14.0 Å². The van der Waals surface area contributed by atoms with E-state index in [1.54, 1.807) is 13.1 Å². The molecule has 0 amide bonds. The van der Waals surface area contributed by atoms with E-state index in [0.717, 1.165) is 32.2 Å². The first-order chi connectivity index (χ1) is 15.5. The van der Waals surface area contributed by atoms with Crippen LogP contribution in [0.1, 0.15) is 27.2 Å². The smallest absolute Gasteiger partial charge is 0.307 e. The second-order valence-corrected chi connectivity index (χ2v) is 8.77. The lowest BCUT2D eigenvalue weighted by Crippen LogP contribution is -2.08. The third-order valence-corrected chi connectivity index (χ3v) is 6.02. The predicted octanol–water partition coefficient (Wildman–Crippen LogP) is 5.62. The van der Waals surface area contributed by atoms with Crippen molar-refractivity contribution in [2.45, 2.75) is 39.8 Å². The molecule has 3 heterocycles. The van der Waals surface area contributed by atoms with Gasteiger partial charge in [0.2, 0.25) is 0 Å². The molecule has 32 heavy (non-hydrogen) atoms. The Labute approximate surface area is 195 Å². The van der Waals surface area contributed by atoms with Crippen LogP contribution in [0.5, 0.6) is 5.75 Å². The highest BCUT2D eigenvalue weighted by atomic mass is 35.5. The lowest BCUT2D eigenvalue weighted by Gasteiger charge is -2.11. The van der Waals surface area contributed by atoms with E-state index in [1.807, 2.05) is 54.9 Å². The Morgan fingerprint density at radius 2 is 2.00 bits per heavy atom. The van der Waals surface area contributed by atoms with Crippen LogP contribution >= 0.6 is 22.9 Å². The van der Waals surface area contributed by atoms with Gasteiger partial charge in [0.15, 0.2) is 0 Å². The van der Waals surface area contributed by atoms with Crippen LogP contribution in [-0.4, -0.2) is 38.4 Å². The molecule has 4 rings (SSSR count). The zero-order valence-electron chi connectivity index (χ0n) is 18.0. The summed E-state index contributed by atoms with van der Waals surface area (Å²) in [5, 5.41) is 11.8. The Hall–Kier alpha value is -2.97. The van der Waals surface area contributed by atoms with Crippen LogP contribution in [0.4, 0.5) is 0 Å². The third-order valence-electron chi connectivity index (χ3n) is 4.72. The summed E-state index contributed by atoms with van der Waals surface area (Å²) in [6.07, 6.45) is 4.01. The number of ether oxygens (including phenoxy) is 2. The van der Waals surface area contributed by atoms with Gasteiger partial charge in [0.1, 0.15) is 21.4 Å². The van der Waals surface area contributed by atoms with Crippen molar-refractivity contribution >= 4 is 39.9 Å². The number of hydrogen-bond acceptors (Lipinski definition) is 7. The van der Waals surface area contributed by atoms with Crippen molar-refractivity contribution < 1.29 is 14.3 Å². The minimum atomic E-state index is -0.220. The Bertz CT molecular complexity index is 1250. The Kier molecular flexibility index (Phi) is 6.72. The number of hydrogen-bond donors (Lipinski definition) is 0. The second kappa shape index (κ2) is 9.67. The summed E-state index contributed by atoms with van der Waals surface area (Å²) in [4.78, 5) is 16.2. The zero-order valence-corrected chi connectivity index (χ0v) is 19.6. The van der Waals surface area contributed by atoms with Gasteiger partial charge in [-0.2, -0.15) is 0 Å². The maximum atomic E-state index is 11.7. The normalized spacial score (nSPS) is 11.3. The topological polar surface area (TPSA) is 79.1 Å². The fraction of sp³-hybridized carbons (Fsp3) is 0.304. The molecule has 0 atom stereocenters. The first-order valence-electron chi connectivity index (χ1n) is 10.4. The van der Waals surface area contributed by atoms with Gasteiger partial charge in [-0.1, -0.05) is 22.9 Å². The second-order valence-electron chi connectivity index (χ2n) is 7.38. The highest BCUT2D eigenvalue weighted by Gasteiger charge is 2.15. The number of pyridine rings is 1. The summed E-state index contributed by atoms with van der Waals surface area (Å²) in [7, 11) is 0. The van der Waals surface area contributed by atoms with Gasteiger partial charge in [0.05, 0.1) is 24.2 Å². The summed E-state index contributed by atoms with van der Waals surface area (Å²) >= 11 is 7.87. The molecular formula is C23H23ClN4O3S. The minimum absolute atomic E-state index is 0.0465. The monoisotopic (exact) mass is 470 g/mol. The van der Waals surface area contributed by atoms with Crippen LogP contribution in [0, 0.1) is 0 Å². The molecule has 0 aliphatic carbocycles. The number of rotatable bonds is 8. The molecule has 9 heteroatoms. The fourth-order valence-electron chi connectivity index (χ4n) is 3.33. The Morgan fingerprint density at radius 3 is 2.75 bits per heavy atom. The lowest BCUT2D eigenvalue weighted by molar-refractivity contribution is -0.143. The number of fused-ring (bicyclic) bond motifs is 1. The summed E-state index contributed by atoms with van der Waals surface area (Å²) in [5.41, 5.74) is 2.62. The molecule has 0 N–H and O–H groups in total. The van der Waals surface area contributed by atoms with Gasteiger partial charge in [-0.05, 0) is 51.1 Å². The summed E-state index contributed by atoms with van der Waals surface area (Å²) in [6, 6.07) is 9.54. The van der Waals surface area contributed by atoms with E-state index in [-0.39, 0.29) is 12.1 Å². The largest absolute Gasteiger partial charge is 0.489 e. The fourth-order valence-corrected chi connectivity index (χ4v) is 4.44. The Balaban J connectivity index is 1.60. The van der Waals surface area contributed by atoms with Gasteiger partial charge in [-0.3, -0.25) is 4.79 Å². The maximum Gasteiger partial charge on any atom is 0.307 e. The van der Waals surface area contributed by atoms with Crippen LogP contribution in [0.25, 0.3) is 32.2 Å². The van der Waals surface area contributed by atoms with Gasteiger partial charge in [-0.15, -0.1) is 10.2 Å². The van der Waals surface area contributed by atoms with E-state index in [2.05, 4.69) is 15.2 Å². The first kappa shape index (κ1) is 22.2. The van der Waals surface area contributed by atoms with Gasteiger partial charge in [-0.25, -0.2) is 4.98 Å². The SMILES string of the molecule is CCOC(=O)CCn1ccc2c(-c3nnc(-c4ccc(OC(C)C)c(Cl)c4)s3)ccnc21. The molecule has 0 fully saturated rings. The van der Waals surface area contributed by atoms with Crippen LogP contribution in [-0.2, 0) is 16.1 Å². The number of carbonyl (C=O) groups is 1. The van der Waals surface area contributed by atoms with Gasteiger partial charge in [0.25, 0.3) is 0 Å². The first-order valence-corrected chi connectivity index (χ1v) is 11.6. The number of halogens is 1. The van der Waals surface area contributed by atoms with Crippen molar-refractivity contribution in [1.29, 1.82) is 0 Å².